The second-order valence-corrected chi connectivity index (χ2v) is 7.63. The van der Waals surface area contributed by atoms with Gasteiger partial charge < -0.3 is 14.3 Å². The minimum atomic E-state index is -0.279. The minimum absolute atomic E-state index is 0.136. The van der Waals surface area contributed by atoms with E-state index in [1.165, 1.54) is 0 Å². The lowest BCUT2D eigenvalue weighted by molar-refractivity contribution is 0.0732. The lowest BCUT2D eigenvalue weighted by Crippen LogP contribution is -2.33. The van der Waals surface area contributed by atoms with Crippen LogP contribution in [0.3, 0.4) is 0 Å². The van der Waals surface area contributed by atoms with E-state index in [4.69, 9.17) is 16.0 Å². The maximum Gasteiger partial charge on any atom is 0.276 e. The molecule has 0 aliphatic rings. The maximum absolute atomic E-state index is 13.3. The molecule has 0 saturated heterocycles. The first-order valence-corrected chi connectivity index (χ1v) is 10.3. The molecular formula is C23H21ClN4O3. The SMILES string of the molecule is CCCN(Cc1nc2cc(Cl)ccc2c(=O)[nH]1)C(=O)c1nc(-c2ccccc2)oc1C. The molecule has 4 rings (SSSR count). The number of carbonyl (C=O) groups excluding carboxylic acids is 1. The molecule has 0 spiro atoms. The third-order valence-electron chi connectivity index (χ3n) is 4.86. The molecule has 0 atom stereocenters. The van der Waals surface area contributed by atoms with Gasteiger partial charge in [0.05, 0.1) is 17.4 Å². The summed E-state index contributed by atoms with van der Waals surface area (Å²) < 4.78 is 5.74. The zero-order valence-corrected chi connectivity index (χ0v) is 17.9. The Kier molecular flexibility index (Phi) is 5.86. The molecule has 8 heteroatoms. The predicted octanol–water partition coefficient (Wildman–Crippen LogP) is 4.59. The number of amides is 1. The summed E-state index contributed by atoms with van der Waals surface area (Å²) >= 11 is 6.04. The summed E-state index contributed by atoms with van der Waals surface area (Å²) in [6.45, 7) is 4.30. The number of hydrogen-bond acceptors (Lipinski definition) is 5. The van der Waals surface area contributed by atoms with Crippen molar-refractivity contribution in [3.05, 3.63) is 81.2 Å². The number of aromatic nitrogens is 3. The number of oxazole rings is 1. The largest absolute Gasteiger partial charge is 0.441 e. The molecule has 7 nitrogen and oxygen atoms in total. The first kappa shape index (κ1) is 20.8. The van der Waals surface area contributed by atoms with Crippen LogP contribution in [0, 0.1) is 6.92 Å². The van der Waals surface area contributed by atoms with Gasteiger partial charge >= 0.3 is 0 Å². The molecule has 4 aromatic rings. The van der Waals surface area contributed by atoms with E-state index in [-0.39, 0.29) is 23.7 Å². The highest BCUT2D eigenvalue weighted by Crippen LogP contribution is 2.23. The maximum atomic E-state index is 13.3. The van der Waals surface area contributed by atoms with E-state index >= 15 is 0 Å². The van der Waals surface area contributed by atoms with E-state index in [9.17, 15) is 9.59 Å². The van der Waals surface area contributed by atoms with Crippen molar-refractivity contribution < 1.29 is 9.21 Å². The Hall–Kier alpha value is -3.45. The van der Waals surface area contributed by atoms with Crippen LogP contribution in [0.1, 0.15) is 35.4 Å². The molecule has 1 amide bonds. The van der Waals surface area contributed by atoms with E-state index in [2.05, 4.69) is 15.0 Å². The van der Waals surface area contributed by atoms with Crippen molar-refractivity contribution in [2.75, 3.05) is 6.54 Å². The van der Waals surface area contributed by atoms with Gasteiger partial charge in [0, 0.05) is 17.1 Å². The van der Waals surface area contributed by atoms with Crippen molar-refractivity contribution in [2.24, 2.45) is 0 Å². The second-order valence-electron chi connectivity index (χ2n) is 7.19. The number of benzene rings is 2. The van der Waals surface area contributed by atoms with Gasteiger partial charge in [0.2, 0.25) is 5.89 Å². The molecule has 0 saturated carbocycles. The summed E-state index contributed by atoms with van der Waals surface area (Å²) in [5, 5.41) is 0.936. The van der Waals surface area contributed by atoms with Gasteiger partial charge in [0.1, 0.15) is 11.6 Å². The molecule has 0 radical (unpaired) electrons. The van der Waals surface area contributed by atoms with Gasteiger partial charge in [-0.1, -0.05) is 36.7 Å². The Balaban J connectivity index is 1.65. The summed E-state index contributed by atoms with van der Waals surface area (Å²) in [6.07, 6.45) is 0.734. The van der Waals surface area contributed by atoms with Gasteiger partial charge in [0.25, 0.3) is 11.5 Å². The predicted molar refractivity (Wildman–Crippen MR) is 119 cm³/mol. The van der Waals surface area contributed by atoms with Crippen molar-refractivity contribution in [1.82, 2.24) is 19.9 Å². The van der Waals surface area contributed by atoms with Crippen LogP contribution < -0.4 is 5.56 Å². The summed E-state index contributed by atoms with van der Waals surface area (Å²) in [5.74, 6) is 0.937. The minimum Gasteiger partial charge on any atom is -0.441 e. The molecule has 0 aliphatic heterocycles. The van der Waals surface area contributed by atoms with Gasteiger partial charge in [-0.2, -0.15) is 0 Å². The number of carbonyl (C=O) groups is 1. The van der Waals surface area contributed by atoms with Crippen molar-refractivity contribution in [1.29, 1.82) is 0 Å². The fourth-order valence-electron chi connectivity index (χ4n) is 3.39. The Bertz CT molecular complexity index is 1300. The van der Waals surface area contributed by atoms with Crippen LogP contribution in [0.25, 0.3) is 22.4 Å². The normalized spacial score (nSPS) is 11.1. The number of halogens is 1. The first-order valence-electron chi connectivity index (χ1n) is 9.97. The molecule has 31 heavy (non-hydrogen) atoms. The number of hydrogen-bond donors (Lipinski definition) is 1. The lowest BCUT2D eigenvalue weighted by atomic mass is 10.2. The molecule has 2 aromatic carbocycles. The Morgan fingerprint density at radius 1 is 1.16 bits per heavy atom. The molecule has 0 aliphatic carbocycles. The highest BCUT2D eigenvalue weighted by molar-refractivity contribution is 6.31. The molecule has 2 heterocycles. The standard InChI is InChI=1S/C23H21ClN4O3/c1-3-11-28(13-19-25-18-12-16(24)9-10-17(18)21(29)26-19)23(30)20-14(2)31-22(27-20)15-7-5-4-6-8-15/h4-10,12H,3,11,13H2,1-2H3,(H,25,26,29). The van der Waals surface area contributed by atoms with Crippen LogP contribution in [0.4, 0.5) is 0 Å². The Morgan fingerprint density at radius 2 is 1.94 bits per heavy atom. The Labute approximate surface area is 183 Å². The number of aryl methyl sites for hydroxylation is 1. The van der Waals surface area contributed by atoms with Crippen molar-refractivity contribution >= 4 is 28.4 Å². The highest BCUT2D eigenvalue weighted by Gasteiger charge is 2.24. The third kappa shape index (κ3) is 4.36. The molecule has 0 fully saturated rings. The van der Waals surface area contributed by atoms with Crippen LogP contribution in [-0.4, -0.2) is 32.3 Å². The molecular weight excluding hydrogens is 416 g/mol. The van der Waals surface area contributed by atoms with E-state index in [1.54, 1.807) is 30.0 Å². The zero-order chi connectivity index (χ0) is 22.0. The molecule has 0 bridgehead atoms. The monoisotopic (exact) mass is 436 g/mol. The van der Waals surface area contributed by atoms with Crippen LogP contribution >= 0.6 is 11.6 Å². The van der Waals surface area contributed by atoms with Crippen molar-refractivity contribution in [3.8, 4) is 11.5 Å². The number of nitrogens with one attached hydrogen (secondary N) is 1. The van der Waals surface area contributed by atoms with Crippen LogP contribution in [-0.2, 0) is 6.54 Å². The van der Waals surface area contributed by atoms with Gasteiger partial charge in [-0.3, -0.25) is 9.59 Å². The van der Waals surface area contributed by atoms with Crippen LogP contribution in [0.5, 0.6) is 0 Å². The number of H-pyrrole nitrogens is 1. The molecule has 1 N–H and O–H groups in total. The molecule has 0 unspecified atom stereocenters. The fourth-order valence-corrected chi connectivity index (χ4v) is 3.55. The number of aromatic amines is 1. The lowest BCUT2D eigenvalue weighted by Gasteiger charge is -2.20. The average Bonchev–Trinajstić information content (AvgIpc) is 3.15. The van der Waals surface area contributed by atoms with Crippen molar-refractivity contribution in [3.63, 3.8) is 0 Å². The smallest absolute Gasteiger partial charge is 0.276 e. The number of nitrogens with zero attached hydrogens (tertiary/aromatic N) is 3. The van der Waals surface area contributed by atoms with Gasteiger partial charge in [-0.05, 0) is 43.7 Å². The van der Waals surface area contributed by atoms with Crippen LogP contribution in [0.2, 0.25) is 5.02 Å². The van der Waals surface area contributed by atoms with Gasteiger partial charge in [-0.15, -0.1) is 0 Å². The van der Waals surface area contributed by atoms with E-state index in [0.717, 1.165) is 12.0 Å². The topological polar surface area (TPSA) is 92.1 Å². The summed E-state index contributed by atoms with van der Waals surface area (Å²) in [7, 11) is 0. The fraction of sp³-hybridized carbons (Fsp3) is 0.217. The molecule has 158 valence electrons. The van der Waals surface area contributed by atoms with E-state index < -0.39 is 0 Å². The van der Waals surface area contributed by atoms with E-state index in [0.29, 0.717) is 39.9 Å². The van der Waals surface area contributed by atoms with Gasteiger partial charge in [0.15, 0.2) is 5.69 Å². The second kappa shape index (κ2) is 8.73. The van der Waals surface area contributed by atoms with Crippen LogP contribution in [0.15, 0.2) is 57.7 Å². The zero-order valence-electron chi connectivity index (χ0n) is 17.2. The third-order valence-corrected chi connectivity index (χ3v) is 5.09. The van der Waals surface area contributed by atoms with Crippen molar-refractivity contribution in [2.45, 2.75) is 26.8 Å². The summed E-state index contributed by atoms with van der Waals surface area (Å²) in [4.78, 5) is 39.0. The average molecular weight is 437 g/mol. The quantitative estimate of drug-likeness (QED) is 0.477. The Morgan fingerprint density at radius 3 is 2.68 bits per heavy atom. The first-order chi connectivity index (χ1) is 15.0. The summed E-state index contributed by atoms with van der Waals surface area (Å²) in [5.41, 5.74) is 1.26. The summed E-state index contributed by atoms with van der Waals surface area (Å²) in [6, 6.07) is 14.3. The highest BCUT2D eigenvalue weighted by atomic mass is 35.5. The molecule has 2 aromatic heterocycles. The van der Waals surface area contributed by atoms with E-state index in [1.807, 2.05) is 37.3 Å². The number of fused-ring (bicyclic) bond motifs is 1. The van der Waals surface area contributed by atoms with Gasteiger partial charge in [-0.25, -0.2) is 9.97 Å². The number of rotatable bonds is 6.